The Morgan fingerprint density at radius 2 is 2.13 bits per heavy atom. The van der Waals surface area contributed by atoms with Crippen LogP contribution in [0.5, 0.6) is 0 Å². The second kappa shape index (κ2) is 7.20. The normalized spacial score (nSPS) is 24.4. The molecule has 1 atom stereocenters. The third kappa shape index (κ3) is 6.13. The Morgan fingerprint density at radius 3 is 2.87 bits per heavy atom. The van der Waals surface area contributed by atoms with Gasteiger partial charge in [0.25, 0.3) is 0 Å². The number of nitrogens with one attached hydrogen (secondary N) is 1. The van der Waals surface area contributed by atoms with Crippen LogP contribution in [0.3, 0.4) is 0 Å². The fraction of sp³-hybridized carbons (Fsp3) is 1.00. The molecule has 3 nitrogen and oxygen atoms in total. The van der Waals surface area contributed by atoms with E-state index in [0.29, 0.717) is 12.1 Å². The second-order valence-corrected chi connectivity index (χ2v) is 4.80. The summed E-state index contributed by atoms with van der Waals surface area (Å²) in [5, 5.41) is 3.59. The summed E-state index contributed by atoms with van der Waals surface area (Å²) in [5.74, 6) is 0. The summed E-state index contributed by atoms with van der Waals surface area (Å²) in [4.78, 5) is 2.42. The van der Waals surface area contributed by atoms with Crippen LogP contribution in [-0.4, -0.2) is 50.3 Å². The number of likely N-dealkylation sites (tertiary alicyclic amines) is 1. The zero-order valence-electron chi connectivity index (χ0n) is 10.5. The van der Waals surface area contributed by atoms with Gasteiger partial charge in [0.2, 0.25) is 0 Å². The highest BCUT2D eigenvalue weighted by atomic mass is 16.5. The highest BCUT2D eigenvalue weighted by Crippen LogP contribution is 2.09. The molecule has 0 bridgehead atoms. The first-order valence-corrected chi connectivity index (χ1v) is 6.22. The van der Waals surface area contributed by atoms with Crippen LogP contribution in [0.25, 0.3) is 0 Å². The van der Waals surface area contributed by atoms with Gasteiger partial charge in [-0.05, 0) is 53.2 Å². The molecule has 15 heavy (non-hydrogen) atoms. The van der Waals surface area contributed by atoms with Crippen molar-refractivity contribution in [1.29, 1.82) is 0 Å². The maximum Gasteiger partial charge on any atom is 0.0594 e. The van der Waals surface area contributed by atoms with Crippen molar-refractivity contribution in [2.24, 2.45) is 0 Å². The van der Waals surface area contributed by atoms with E-state index in [2.05, 4.69) is 31.1 Å². The lowest BCUT2D eigenvalue weighted by atomic mass is 10.1. The number of rotatable bonds is 5. The predicted octanol–water partition coefficient (Wildman–Crippen LogP) is 1.49. The lowest BCUT2D eigenvalue weighted by Crippen LogP contribution is -2.33. The van der Waals surface area contributed by atoms with Crippen LogP contribution in [0.4, 0.5) is 0 Å². The predicted molar refractivity (Wildman–Crippen MR) is 64.2 cm³/mol. The summed E-state index contributed by atoms with van der Waals surface area (Å²) in [6.45, 7) is 8.47. The SMILES string of the molecule is CC(C)OCCNC1CCCN(C)CC1. The van der Waals surface area contributed by atoms with Gasteiger partial charge < -0.3 is 15.0 Å². The van der Waals surface area contributed by atoms with Gasteiger partial charge in [-0.15, -0.1) is 0 Å². The van der Waals surface area contributed by atoms with Gasteiger partial charge in [-0.25, -0.2) is 0 Å². The Hall–Kier alpha value is -0.120. The van der Waals surface area contributed by atoms with Crippen LogP contribution >= 0.6 is 0 Å². The largest absolute Gasteiger partial charge is 0.377 e. The number of nitrogens with zero attached hydrogens (tertiary/aromatic N) is 1. The summed E-state index contributed by atoms with van der Waals surface area (Å²) in [6.07, 6.45) is 4.26. The van der Waals surface area contributed by atoms with E-state index in [4.69, 9.17) is 4.74 Å². The minimum Gasteiger partial charge on any atom is -0.377 e. The first kappa shape index (κ1) is 12.9. The summed E-state index contributed by atoms with van der Waals surface area (Å²) in [6, 6.07) is 0.700. The van der Waals surface area contributed by atoms with Crippen LogP contribution in [0.1, 0.15) is 33.1 Å². The molecule has 1 unspecified atom stereocenters. The summed E-state index contributed by atoms with van der Waals surface area (Å²) >= 11 is 0. The van der Waals surface area contributed by atoms with Crippen molar-refractivity contribution in [3.8, 4) is 0 Å². The molecule has 1 fully saturated rings. The summed E-state index contributed by atoms with van der Waals surface area (Å²) < 4.78 is 5.51. The zero-order valence-corrected chi connectivity index (χ0v) is 10.5. The van der Waals surface area contributed by atoms with Gasteiger partial charge in [-0.3, -0.25) is 0 Å². The Labute approximate surface area is 94.2 Å². The van der Waals surface area contributed by atoms with Crippen molar-refractivity contribution in [3.63, 3.8) is 0 Å². The standard InChI is InChI=1S/C12H26N2O/c1-11(2)15-10-7-13-12-5-4-8-14(3)9-6-12/h11-13H,4-10H2,1-3H3. The van der Waals surface area contributed by atoms with Crippen LogP contribution in [0.15, 0.2) is 0 Å². The van der Waals surface area contributed by atoms with E-state index in [9.17, 15) is 0 Å². The van der Waals surface area contributed by atoms with Crippen molar-refractivity contribution in [2.75, 3.05) is 33.3 Å². The first-order valence-electron chi connectivity index (χ1n) is 6.22. The van der Waals surface area contributed by atoms with E-state index in [-0.39, 0.29) is 0 Å². The van der Waals surface area contributed by atoms with Crippen LogP contribution in [0, 0.1) is 0 Å². The van der Waals surface area contributed by atoms with Gasteiger partial charge in [-0.2, -0.15) is 0 Å². The highest BCUT2D eigenvalue weighted by molar-refractivity contribution is 4.73. The molecule has 0 aromatic carbocycles. The molecule has 0 radical (unpaired) electrons. The number of ether oxygens (including phenoxy) is 1. The monoisotopic (exact) mass is 214 g/mol. The maximum atomic E-state index is 5.51. The van der Waals surface area contributed by atoms with Crippen molar-refractivity contribution >= 4 is 0 Å². The highest BCUT2D eigenvalue weighted by Gasteiger charge is 2.13. The molecule has 0 aromatic rings. The maximum absolute atomic E-state index is 5.51. The van der Waals surface area contributed by atoms with E-state index in [0.717, 1.165) is 13.2 Å². The molecule has 0 saturated carbocycles. The minimum atomic E-state index is 0.354. The average Bonchev–Trinajstić information content (AvgIpc) is 2.38. The third-order valence-corrected chi connectivity index (χ3v) is 2.94. The third-order valence-electron chi connectivity index (χ3n) is 2.94. The van der Waals surface area contributed by atoms with E-state index in [1.165, 1.54) is 32.4 Å². The Morgan fingerprint density at radius 1 is 1.33 bits per heavy atom. The molecular weight excluding hydrogens is 188 g/mol. The van der Waals surface area contributed by atoms with Gasteiger partial charge in [-0.1, -0.05) is 0 Å². The molecule has 0 aromatic heterocycles. The molecule has 1 N–H and O–H groups in total. The lowest BCUT2D eigenvalue weighted by Gasteiger charge is -2.17. The fourth-order valence-corrected chi connectivity index (χ4v) is 2.00. The van der Waals surface area contributed by atoms with E-state index < -0.39 is 0 Å². The quantitative estimate of drug-likeness (QED) is 0.702. The van der Waals surface area contributed by atoms with Gasteiger partial charge in [0.05, 0.1) is 12.7 Å². The van der Waals surface area contributed by atoms with Gasteiger partial charge >= 0.3 is 0 Å². The molecule has 1 aliphatic rings. The van der Waals surface area contributed by atoms with Crippen LogP contribution in [-0.2, 0) is 4.74 Å². The smallest absolute Gasteiger partial charge is 0.0594 e. The topological polar surface area (TPSA) is 24.5 Å². The van der Waals surface area contributed by atoms with Crippen molar-refractivity contribution < 1.29 is 4.74 Å². The Bertz CT molecular complexity index is 162. The molecule has 0 spiro atoms. The molecule has 3 heteroatoms. The molecular formula is C12H26N2O. The summed E-state index contributed by atoms with van der Waals surface area (Å²) in [5.41, 5.74) is 0. The molecule has 0 aliphatic carbocycles. The molecule has 90 valence electrons. The zero-order chi connectivity index (χ0) is 11.1. The number of hydrogen-bond acceptors (Lipinski definition) is 3. The lowest BCUT2D eigenvalue weighted by molar-refractivity contribution is 0.0790. The van der Waals surface area contributed by atoms with Gasteiger partial charge in [0.15, 0.2) is 0 Å². The van der Waals surface area contributed by atoms with E-state index in [1.807, 2.05) is 0 Å². The Kier molecular flexibility index (Phi) is 6.22. The van der Waals surface area contributed by atoms with Crippen molar-refractivity contribution in [2.45, 2.75) is 45.3 Å². The van der Waals surface area contributed by atoms with E-state index in [1.54, 1.807) is 0 Å². The molecule has 0 amide bonds. The Balaban J connectivity index is 2.05. The van der Waals surface area contributed by atoms with Crippen molar-refractivity contribution in [1.82, 2.24) is 10.2 Å². The molecule has 1 aliphatic heterocycles. The van der Waals surface area contributed by atoms with Gasteiger partial charge in [0, 0.05) is 12.6 Å². The second-order valence-electron chi connectivity index (χ2n) is 4.80. The first-order chi connectivity index (χ1) is 7.18. The number of hydrogen-bond donors (Lipinski definition) is 1. The summed E-state index contributed by atoms with van der Waals surface area (Å²) in [7, 11) is 2.21. The average molecular weight is 214 g/mol. The minimum absolute atomic E-state index is 0.354. The van der Waals surface area contributed by atoms with Gasteiger partial charge in [0.1, 0.15) is 0 Å². The fourth-order valence-electron chi connectivity index (χ4n) is 2.00. The van der Waals surface area contributed by atoms with Crippen LogP contribution in [0.2, 0.25) is 0 Å². The molecule has 1 rings (SSSR count). The molecule has 1 saturated heterocycles. The van der Waals surface area contributed by atoms with Crippen LogP contribution < -0.4 is 5.32 Å². The molecule has 1 heterocycles. The van der Waals surface area contributed by atoms with E-state index >= 15 is 0 Å². The van der Waals surface area contributed by atoms with Crippen molar-refractivity contribution in [3.05, 3.63) is 0 Å².